The lowest BCUT2D eigenvalue weighted by Gasteiger charge is -2.12. The largest absolute Gasteiger partial charge is 0.454 e. The van der Waals surface area contributed by atoms with E-state index in [-0.39, 0.29) is 0 Å². The first-order chi connectivity index (χ1) is 8.61. The molecule has 0 bridgehead atoms. The second kappa shape index (κ2) is 4.80. The van der Waals surface area contributed by atoms with E-state index in [1.54, 1.807) is 12.1 Å². The van der Waals surface area contributed by atoms with Crippen LogP contribution in [0.3, 0.4) is 0 Å². The Balaban J connectivity index is 2.46. The first kappa shape index (κ1) is 12.0. The molecule has 0 heterocycles. The highest BCUT2D eigenvalue weighted by molar-refractivity contribution is 5.59. The monoisotopic (exact) mass is 238 g/mol. The third-order valence-corrected chi connectivity index (χ3v) is 2.71. The maximum absolute atomic E-state index is 9.06. The van der Waals surface area contributed by atoms with Crippen molar-refractivity contribution in [3.8, 4) is 17.6 Å². The number of rotatable bonds is 2. The molecule has 0 aromatic heterocycles. The molecule has 0 unspecified atom stereocenters. The summed E-state index contributed by atoms with van der Waals surface area (Å²) in [6.45, 7) is 3.88. The Morgan fingerprint density at radius 2 is 1.94 bits per heavy atom. The van der Waals surface area contributed by atoms with Gasteiger partial charge in [0.05, 0.1) is 11.3 Å². The molecule has 90 valence electrons. The Morgan fingerprint density at radius 1 is 1.17 bits per heavy atom. The lowest BCUT2D eigenvalue weighted by atomic mass is 10.1. The van der Waals surface area contributed by atoms with E-state index >= 15 is 0 Å². The van der Waals surface area contributed by atoms with Crippen LogP contribution in [0, 0.1) is 25.2 Å². The SMILES string of the molecule is Cc1ccc(C#N)c(Oc2c(C)cccc2N)c1. The molecule has 0 spiro atoms. The van der Waals surface area contributed by atoms with Gasteiger partial charge in [-0.05, 0) is 43.2 Å². The molecule has 0 saturated heterocycles. The summed E-state index contributed by atoms with van der Waals surface area (Å²) in [5, 5.41) is 9.06. The Morgan fingerprint density at radius 3 is 2.61 bits per heavy atom. The van der Waals surface area contributed by atoms with Crippen molar-refractivity contribution >= 4 is 5.69 Å². The summed E-state index contributed by atoms with van der Waals surface area (Å²) in [6, 6.07) is 13.2. The molecule has 0 fully saturated rings. The third kappa shape index (κ3) is 2.28. The number of nitrogen functional groups attached to an aromatic ring is 1. The van der Waals surface area contributed by atoms with Crippen molar-refractivity contribution in [1.82, 2.24) is 0 Å². The predicted octanol–water partition coefficient (Wildman–Crippen LogP) is 3.55. The third-order valence-electron chi connectivity index (χ3n) is 2.71. The molecule has 3 heteroatoms. The molecule has 18 heavy (non-hydrogen) atoms. The first-order valence-electron chi connectivity index (χ1n) is 5.65. The van der Waals surface area contributed by atoms with Crippen LogP contribution in [0.25, 0.3) is 0 Å². The van der Waals surface area contributed by atoms with Crippen LogP contribution < -0.4 is 10.5 Å². The van der Waals surface area contributed by atoms with Crippen LogP contribution in [0.1, 0.15) is 16.7 Å². The number of nitriles is 1. The molecule has 0 aliphatic heterocycles. The molecule has 2 rings (SSSR count). The molecular formula is C15H14N2O. The summed E-state index contributed by atoms with van der Waals surface area (Å²) in [4.78, 5) is 0. The van der Waals surface area contributed by atoms with Crippen molar-refractivity contribution in [2.75, 3.05) is 5.73 Å². The number of hydrogen-bond acceptors (Lipinski definition) is 3. The topological polar surface area (TPSA) is 59.0 Å². The number of nitrogens with zero attached hydrogens (tertiary/aromatic N) is 1. The minimum Gasteiger partial charge on any atom is -0.454 e. The predicted molar refractivity (Wildman–Crippen MR) is 71.6 cm³/mol. The Bertz CT molecular complexity index is 607. The molecule has 3 nitrogen and oxygen atoms in total. The zero-order chi connectivity index (χ0) is 13.1. The summed E-state index contributed by atoms with van der Waals surface area (Å²) >= 11 is 0. The number of aryl methyl sites for hydroxylation is 2. The number of nitrogens with two attached hydrogens (primary N) is 1. The van der Waals surface area contributed by atoms with Crippen molar-refractivity contribution in [3.05, 3.63) is 53.1 Å². The second-order valence-corrected chi connectivity index (χ2v) is 4.21. The Hall–Kier alpha value is -2.47. The van der Waals surface area contributed by atoms with Crippen LogP contribution in [-0.4, -0.2) is 0 Å². The van der Waals surface area contributed by atoms with Gasteiger partial charge in [0, 0.05) is 0 Å². The van der Waals surface area contributed by atoms with Crippen molar-refractivity contribution in [1.29, 1.82) is 5.26 Å². The van der Waals surface area contributed by atoms with Gasteiger partial charge in [0.25, 0.3) is 0 Å². The lowest BCUT2D eigenvalue weighted by molar-refractivity contribution is 0.479. The van der Waals surface area contributed by atoms with E-state index in [1.165, 1.54) is 0 Å². The summed E-state index contributed by atoms with van der Waals surface area (Å²) in [5.74, 6) is 1.15. The molecule has 0 saturated carbocycles. The average Bonchev–Trinajstić information content (AvgIpc) is 2.34. The van der Waals surface area contributed by atoms with Crippen LogP contribution in [-0.2, 0) is 0 Å². The van der Waals surface area contributed by atoms with Gasteiger partial charge in [-0.15, -0.1) is 0 Å². The smallest absolute Gasteiger partial charge is 0.153 e. The van der Waals surface area contributed by atoms with Gasteiger partial charge in [-0.2, -0.15) is 5.26 Å². The molecule has 2 aromatic carbocycles. The van der Waals surface area contributed by atoms with Crippen LogP contribution in [0.5, 0.6) is 11.5 Å². The molecular weight excluding hydrogens is 224 g/mol. The van der Waals surface area contributed by atoms with Gasteiger partial charge < -0.3 is 10.5 Å². The van der Waals surface area contributed by atoms with E-state index in [2.05, 4.69) is 6.07 Å². The van der Waals surface area contributed by atoms with E-state index < -0.39 is 0 Å². The summed E-state index contributed by atoms with van der Waals surface area (Å²) < 4.78 is 5.80. The average molecular weight is 238 g/mol. The van der Waals surface area contributed by atoms with Gasteiger partial charge in [-0.1, -0.05) is 18.2 Å². The molecule has 0 radical (unpaired) electrons. The summed E-state index contributed by atoms with van der Waals surface area (Å²) in [5.41, 5.74) is 8.95. The first-order valence-corrected chi connectivity index (χ1v) is 5.65. The summed E-state index contributed by atoms with van der Waals surface area (Å²) in [6.07, 6.45) is 0. The Kier molecular flexibility index (Phi) is 3.20. The molecule has 2 aromatic rings. The highest BCUT2D eigenvalue weighted by atomic mass is 16.5. The van der Waals surface area contributed by atoms with E-state index in [0.717, 1.165) is 11.1 Å². The number of anilines is 1. The highest BCUT2D eigenvalue weighted by Gasteiger charge is 2.09. The number of ether oxygens (including phenoxy) is 1. The van der Waals surface area contributed by atoms with E-state index in [0.29, 0.717) is 22.7 Å². The normalized spacial score (nSPS) is 9.83. The van der Waals surface area contributed by atoms with E-state index in [4.69, 9.17) is 15.7 Å². The standard InChI is InChI=1S/C15H14N2O/c1-10-6-7-12(9-16)14(8-10)18-15-11(2)4-3-5-13(15)17/h3-8H,17H2,1-2H3. The maximum Gasteiger partial charge on any atom is 0.153 e. The highest BCUT2D eigenvalue weighted by Crippen LogP contribution is 2.32. The van der Waals surface area contributed by atoms with Gasteiger partial charge in [0.2, 0.25) is 0 Å². The fraction of sp³-hybridized carbons (Fsp3) is 0.133. The van der Waals surface area contributed by atoms with Crippen molar-refractivity contribution in [3.63, 3.8) is 0 Å². The molecule has 2 N–H and O–H groups in total. The lowest BCUT2D eigenvalue weighted by Crippen LogP contribution is -1.96. The fourth-order valence-electron chi connectivity index (χ4n) is 1.73. The Labute approximate surface area is 106 Å². The van der Waals surface area contributed by atoms with Crippen molar-refractivity contribution in [2.45, 2.75) is 13.8 Å². The van der Waals surface area contributed by atoms with Crippen LogP contribution in [0.15, 0.2) is 36.4 Å². The van der Waals surface area contributed by atoms with E-state index in [9.17, 15) is 0 Å². The number of hydrogen-bond donors (Lipinski definition) is 1. The van der Waals surface area contributed by atoms with Gasteiger partial charge in [-0.3, -0.25) is 0 Å². The minimum atomic E-state index is 0.503. The summed E-state index contributed by atoms with van der Waals surface area (Å²) in [7, 11) is 0. The second-order valence-electron chi connectivity index (χ2n) is 4.21. The van der Waals surface area contributed by atoms with Crippen molar-refractivity contribution in [2.24, 2.45) is 0 Å². The van der Waals surface area contributed by atoms with Crippen LogP contribution in [0.2, 0.25) is 0 Å². The van der Waals surface area contributed by atoms with Crippen LogP contribution >= 0.6 is 0 Å². The van der Waals surface area contributed by atoms with Crippen molar-refractivity contribution < 1.29 is 4.74 Å². The van der Waals surface area contributed by atoms with E-state index in [1.807, 2.05) is 38.1 Å². The fourth-order valence-corrected chi connectivity index (χ4v) is 1.73. The molecule has 0 aliphatic rings. The molecule has 0 amide bonds. The van der Waals surface area contributed by atoms with Crippen LogP contribution in [0.4, 0.5) is 5.69 Å². The van der Waals surface area contributed by atoms with Gasteiger partial charge in [0.1, 0.15) is 11.8 Å². The molecule has 0 aliphatic carbocycles. The number of para-hydroxylation sites is 1. The van der Waals surface area contributed by atoms with Gasteiger partial charge in [0.15, 0.2) is 5.75 Å². The molecule has 0 atom stereocenters. The minimum absolute atomic E-state index is 0.503. The zero-order valence-electron chi connectivity index (χ0n) is 10.4. The zero-order valence-corrected chi connectivity index (χ0v) is 10.4. The number of benzene rings is 2. The quantitative estimate of drug-likeness (QED) is 0.814. The van der Waals surface area contributed by atoms with Gasteiger partial charge in [-0.25, -0.2) is 0 Å². The van der Waals surface area contributed by atoms with Gasteiger partial charge >= 0.3 is 0 Å². The maximum atomic E-state index is 9.06.